The number of methoxy groups -OCH3 is 3. The zero-order valence-corrected chi connectivity index (χ0v) is 22.0. The van der Waals surface area contributed by atoms with Gasteiger partial charge < -0.3 is 23.7 Å². The Labute approximate surface area is 223 Å². The maximum Gasteiger partial charge on any atom is 0.222 e. The van der Waals surface area contributed by atoms with Gasteiger partial charge in [0.2, 0.25) is 15.9 Å². The lowest BCUT2D eigenvalue weighted by Crippen LogP contribution is -2.30. The van der Waals surface area contributed by atoms with Crippen LogP contribution >= 0.6 is 0 Å². The highest BCUT2D eigenvalue weighted by atomic mass is 32.2. The molecule has 1 aromatic carbocycles. The van der Waals surface area contributed by atoms with Gasteiger partial charge in [0.15, 0.2) is 16.9 Å². The minimum absolute atomic E-state index is 0.0721. The minimum atomic E-state index is -4.50. The Morgan fingerprint density at radius 2 is 1.62 bits per heavy atom. The van der Waals surface area contributed by atoms with Crippen LogP contribution in [0, 0.1) is 0 Å². The number of aliphatic hydroxyl groups is 1. The second-order valence-electron chi connectivity index (χ2n) is 8.38. The maximum absolute atomic E-state index is 13.1. The van der Waals surface area contributed by atoms with E-state index < -0.39 is 21.4 Å². The molecule has 2 atom stereocenters. The summed E-state index contributed by atoms with van der Waals surface area (Å²) in [6.07, 6.45) is 1.53. The molecule has 0 aliphatic heterocycles. The van der Waals surface area contributed by atoms with Crippen LogP contribution in [0.4, 0.5) is 0 Å². The van der Waals surface area contributed by atoms with Crippen molar-refractivity contribution in [2.75, 3.05) is 21.3 Å². The van der Waals surface area contributed by atoms with E-state index in [0.29, 0.717) is 28.7 Å². The van der Waals surface area contributed by atoms with Crippen LogP contribution in [0.1, 0.15) is 22.9 Å². The molecule has 202 valence electrons. The third-order valence-electron chi connectivity index (χ3n) is 6.06. The summed E-state index contributed by atoms with van der Waals surface area (Å²) in [6, 6.07) is 15.3. The first-order chi connectivity index (χ1) is 18.8. The zero-order chi connectivity index (χ0) is 27.7. The number of nitrogens with two attached hydrogens (primary N) is 1. The van der Waals surface area contributed by atoms with Crippen LogP contribution in [-0.4, -0.2) is 64.0 Å². The molecule has 0 bridgehead atoms. The Hall–Kier alpha value is -4.53. The molecule has 2 unspecified atom stereocenters. The summed E-state index contributed by atoms with van der Waals surface area (Å²) < 4.78 is 45.7. The number of para-hydroxylation sites is 1. The fourth-order valence-corrected chi connectivity index (χ4v) is 5.24. The Kier molecular flexibility index (Phi) is 6.91. The molecular weight excluding hydrogens is 526 g/mol. The molecule has 5 aromatic rings. The van der Waals surface area contributed by atoms with E-state index in [9.17, 15) is 13.5 Å². The summed E-state index contributed by atoms with van der Waals surface area (Å²) >= 11 is 0. The number of sulfonamides is 1. The summed E-state index contributed by atoms with van der Waals surface area (Å²) in [4.78, 5) is 8.83. The average molecular weight is 552 g/mol. The van der Waals surface area contributed by atoms with E-state index in [1.807, 2.05) is 0 Å². The van der Waals surface area contributed by atoms with E-state index in [-0.39, 0.29) is 23.0 Å². The first kappa shape index (κ1) is 26.1. The van der Waals surface area contributed by atoms with E-state index in [1.165, 1.54) is 32.1 Å². The number of benzene rings is 1. The number of primary sulfonamides is 1. The van der Waals surface area contributed by atoms with Gasteiger partial charge in [-0.2, -0.15) is 0 Å². The van der Waals surface area contributed by atoms with Gasteiger partial charge in [0.05, 0.1) is 27.0 Å². The predicted molar refractivity (Wildman–Crippen MR) is 140 cm³/mol. The fraction of sp³-hybridized carbons (Fsp3) is 0.200. The quantitative estimate of drug-likeness (QED) is 0.276. The van der Waals surface area contributed by atoms with Crippen molar-refractivity contribution in [2.24, 2.45) is 5.14 Å². The molecule has 4 heterocycles. The van der Waals surface area contributed by atoms with Gasteiger partial charge in [-0.1, -0.05) is 18.2 Å². The first-order valence-electron chi connectivity index (χ1n) is 11.6. The summed E-state index contributed by atoms with van der Waals surface area (Å²) in [5.74, 6) is 0.847. The molecule has 5 rings (SSSR count). The van der Waals surface area contributed by atoms with Gasteiger partial charge in [-0.3, -0.25) is 4.57 Å². The van der Waals surface area contributed by atoms with Gasteiger partial charge >= 0.3 is 0 Å². The predicted octanol–water partition coefficient (Wildman–Crippen LogP) is 2.07. The van der Waals surface area contributed by atoms with Crippen LogP contribution in [0.5, 0.6) is 17.4 Å². The number of hydrogen-bond acceptors (Lipinski definition) is 10. The second-order valence-corrected chi connectivity index (χ2v) is 10.1. The molecule has 0 aliphatic carbocycles. The molecule has 0 fully saturated rings. The normalized spacial score (nSPS) is 13.3. The second kappa shape index (κ2) is 10.3. The molecule has 4 aromatic heterocycles. The summed E-state index contributed by atoms with van der Waals surface area (Å²) in [7, 11) is -0.132. The SMILES string of the molecule is COc1cccc(-c2nnc(C(C(O)c3cn4ccccc4n3)S(N)(=O)=O)n2-c2c(OC)cccc2OC)n1. The number of rotatable bonds is 9. The van der Waals surface area contributed by atoms with E-state index in [2.05, 4.69) is 20.2 Å². The average Bonchev–Trinajstić information content (AvgIpc) is 3.56. The topological polar surface area (TPSA) is 169 Å². The highest BCUT2D eigenvalue weighted by Crippen LogP contribution is 2.41. The molecule has 3 N–H and O–H groups in total. The molecule has 39 heavy (non-hydrogen) atoms. The number of aromatic nitrogens is 6. The van der Waals surface area contributed by atoms with E-state index >= 15 is 0 Å². The molecule has 14 heteroatoms. The lowest BCUT2D eigenvalue weighted by atomic mass is 10.1. The largest absolute Gasteiger partial charge is 0.494 e. The zero-order valence-electron chi connectivity index (χ0n) is 21.2. The molecule has 13 nitrogen and oxygen atoms in total. The lowest BCUT2D eigenvalue weighted by molar-refractivity contribution is 0.163. The van der Waals surface area contributed by atoms with Gasteiger partial charge in [0.1, 0.15) is 34.6 Å². The van der Waals surface area contributed by atoms with Crippen molar-refractivity contribution in [2.45, 2.75) is 11.4 Å². The van der Waals surface area contributed by atoms with E-state index in [1.54, 1.807) is 65.2 Å². The molecular formula is C25H25N7O6S. The van der Waals surface area contributed by atoms with Crippen molar-refractivity contribution in [3.8, 4) is 34.6 Å². The molecule has 0 radical (unpaired) electrons. The third-order valence-corrected chi connectivity index (χ3v) is 7.23. The van der Waals surface area contributed by atoms with Crippen LogP contribution in [0.15, 0.2) is 67.0 Å². The fourth-order valence-electron chi connectivity index (χ4n) is 4.29. The number of fused-ring (bicyclic) bond motifs is 1. The van der Waals surface area contributed by atoms with Crippen LogP contribution in [0.25, 0.3) is 22.9 Å². The Bertz CT molecular complexity index is 1700. The van der Waals surface area contributed by atoms with Crippen molar-refractivity contribution < 1.29 is 27.7 Å². The Morgan fingerprint density at radius 1 is 0.897 bits per heavy atom. The van der Waals surface area contributed by atoms with E-state index in [0.717, 1.165) is 0 Å². The van der Waals surface area contributed by atoms with Gasteiger partial charge in [-0.05, 0) is 30.3 Å². The maximum atomic E-state index is 13.1. The van der Waals surface area contributed by atoms with Crippen LogP contribution in [0.2, 0.25) is 0 Å². The van der Waals surface area contributed by atoms with Gasteiger partial charge in [0, 0.05) is 18.5 Å². The number of pyridine rings is 2. The number of hydrogen-bond donors (Lipinski definition) is 2. The standard InChI is InChI=1S/C25H25N7O6S/c1-36-17-9-7-10-18(37-2)21(17)32-24(15-8-6-12-20(28-15)38-3)29-30-25(32)23(39(26,34)35)22(33)16-14-31-13-5-4-11-19(31)27-16/h4-14,22-23,33H,1-3H3,(H2,26,34,35). The van der Waals surface area contributed by atoms with Crippen molar-refractivity contribution in [1.82, 2.24) is 29.1 Å². The number of ether oxygens (including phenoxy) is 3. The monoisotopic (exact) mass is 551 g/mol. The molecule has 0 spiro atoms. The Balaban J connectivity index is 1.80. The number of aliphatic hydroxyl groups excluding tert-OH is 1. The lowest BCUT2D eigenvalue weighted by Gasteiger charge is -2.22. The number of nitrogens with zero attached hydrogens (tertiary/aromatic N) is 6. The highest BCUT2D eigenvalue weighted by Gasteiger charge is 2.40. The van der Waals surface area contributed by atoms with Crippen molar-refractivity contribution >= 4 is 15.7 Å². The summed E-state index contributed by atoms with van der Waals surface area (Å²) in [6.45, 7) is 0. The van der Waals surface area contributed by atoms with Crippen molar-refractivity contribution in [1.29, 1.82) is 0 Å². The third kappa shape index (κ3) is 4.76. The molecule has 0 saturated heterocycles. The Morgan fingerprint density at radius 3 is 2.26 bits per heavy atom. The minimum Gasteiger partial charge on any atom is -0.494 e. The van der Waals surface area contributed by atoms with Gasteiger partial charge in [0.25, 0.3) is 0 Å². The summed E-state index contributed by atoms with van der Waals surface area (Å²) in [5.41, 5.74) is 1.16. The van der Waals surface area contributed by atoms with Crippen molar-refractivity contribution in [3.63, 3.8) is 0 Å². The molecule has 0 aliphatic rings. The first-order valence-corrected chi connectivity index (χ1v) is 13.2. The molecule has 0 saturated carbocycles. The van der Waals surface area contributed by atoms with Crippen LogP contribution < -0.4 is 19.3 Å². The number of imidazole rings is 1. The molecule has 0 amide bonds. The van der Waals surface area contributed by atoms with Gasteiger partial charge in [-0.15, -0.1) is 10.2 Å². The highest BCUT2D eigenvalue weighted by molar-refractivity contribution is 7.89. The van der Waals surface area contributed by atoms with E-state index in [4.69, 9.17) is 19.3 Å². The van der Waals surface area contributed by atoms with Crippen molar-refractivity contribution in [3.05, 3.63) is 78.5 Å². The van der Waals surface area contributed by atoms with Crippen LogP contribution in [-0.2, 0) is 10.0 Å². The van der Waals surface area contributed by atoms with Gasteiger partial charge in [-0.25, -0.2) is 23.5 Å². The smallest absolute Gasteiger partial charge is 0.222 e. The summed E-state index contributed by atoms with van der Waals surface area (Å²) in [5, 5.41) is 23.9. The van der Waals surface area contributed by atoms with Crippen LogP contribution in [0.3, 0.4) is 0 Å².